The van der Waals surface area contributed by atoms with E-state index in [0.717, 1.165) is 12.8 Å². The maximum Gasteiger partial charge on any atom is 0.315 e. The minimum atomic E-state index is -1.08. The summed E-state index contributed by atoms with van der Waals surface area (Å²) in [7, 11) is 0. The highest BCUT2D eigenvalue weighted by molar-refractivity contribution is 7.16. The molecule has 2 aliphatic rings. The monoisotopic (exact) mass is 720 g/mol. The lowest BCUT2D eigenvalue weighted by Crippen LogP contribution is -2.61. The van der Waals surface area contributed by atoms with Crippen molar-refractivity contribution >= 4 is 51.1 Å². The van der Waals surface area contributed by atoms with Gasteiger partial charge in [-0.05, 0) is 69.0 Å². The summed E-state index contributed by atoms with van der Waals surface area (Å²) in [6, 6.07) is 3.56. The van der Waals surface area contributed by atoms with Crippen LogP contribution in [0.15, 0.2) is 35.8 Å². The molecule has 1 unspecified atom stereocenters. The highest BCUT2D eigenvalue weighted by Gasteiger charge is 2.47. The SMILES string of the molecule is CCC[C@H](NC(=O)C1C[C@@H](Oc2nc(-c3ccccn3)nc3sccc23)CN1C(=O)[C@@H](NC(=O)NC(C)(C)C)C(C)(C)C)C(=O)C(=O)NC1CC1. The topological polar surface area (TPSA) is 185 Å². The third-order valence-corrected chi connectivity index (χ3v) is 9.34. The van der Waals surface area contributed by atoms with E-state index in [1.165, 1.54) is 16.2 Å². The van der Waals surface area contributed by atoms with Crippen molar-refractivity contribution in [1.82, 2.24) is 41.1 Å². The lowest BCUT2D eigenvalue weighted by molar-refractivity contribution is -0.144. The predicted molar refractivity (Wildman–Crippen MR) is 193 cm³/mol. The van der Waals surface area contributed by atoms with Crippen molar-refractivity contribution in [2.45, 2.75) is 116 Å². The Morgan fingerprint density at radius 1 is 1.02 bits per heavy atom. The van der Waals surface area contributed by atoms with Crippen molar-refractivity contribution in [2.24, 2.45) is 5.41 Å². The zero-order chi connectivity index (χ0) is 37.1. The van der Waals surface area contributed by atoms with E-state index in [2.05, 4.69) is 31.2 Å². The highest BCUT2D eigenvalue weighted by atomic mass is 32.1. The second-order valence-corrected chi connectivity index (χ2v) is 16.2. The number of nitrogens with one attached hydrogen (secondary N) is 4. The molecule has 14 nitrogen and oxygen atoms in total. The molecule has 4 heterocycles. The van der Waals surface area contributed by atoms with Gasteiger partial charge in [0.05, 0.1) is 18.0 Å². The second-order valence-electron chi connectivity index (χ2n) is 15.3. The fourth-order valence-corrected chi connectivity index (χ4v) is 6.61. The molecule has 0 bridgehead atoms. The summed E-state index contributed by atoms with van der Waals surface area (Å²) in [5.41, 5.74) is -0.750. The van der Waals surface area contributed by atoms with E-state index >= 15 is 0 Å². The largest absolute Gasteiger partial charge is 0.472 e. The fraction of sp³-hybridized carbons (Fsp3) is 0.556. The Kier molecular flexibility index (Phi) is 11.3. The molecule has 5 rings (SSSR count). The average molecular weight is 721 g/mol. The van der Waals surface area contributed by atoms with E-state index in [1.807, 2.05) is 66.0 Å². The number of fused-ring (bicyclic) bond motifs is 1. The number of carbonyl (C=O) groups excluding carboxylic acids is 5. The predicted octanol–water partition coefficient (Wildman–Crippen LogP) is 3.75. The minimum absolute atomic E-state index is 0.00478. The molecular weight excluding hydrogens is 673 g/mol. The van der Waals surface area contributed by atoms with Crippen LogP contribution >= 0.6 is 11.3 Å². The smallest absolute Gasteiger partial charge is 0.315 e. The minimum Gasteiger partial charge on any atom is -0.472 e. The summed E-state index contributed by atoms with van der Waals surface area (Å²) in [6.45, 7) is 12.8. The number of hydrogen-bond acceptors (Lipinski definition) is 10. The molecule has 0 aromatic carbocycles. The van der Waals surface area contributed by atoms with Crippen molar-refractivity contribution in [3.63, 3.8) is 0 Å². The first-order valence-electron chi connectivity index (χ1n) is 17.4. The van der Waals surface area contributed by atoms with Crippen LogP contribution in [0.5, 0.6) is 5.88 Å². The normalized spacial score (nSPS) is 18.8. The second kappa shape index (κ2) is 15.3. The van der Waals surface area contributed by atoms with Crippen LogP contribution in [0, 0.1) is 5.41 Å². The molecule has 1 saturated heterocycles. The fourth-order valence-electron chi connectivity index (χ4n) is 5.85. The molecule has 51 heavy (non-hydrogen) atoms. The van der Waals surface area contributed by atoms with Crippen LogP contribution in [-0.2, 0) is 19.2 Å². The summed E-state index contributed by atoms with van der Waals surface area (Å²) in [5, 5.41) is 13.7. The molecule has 1 aliphatic carbocycles. The van der Waals surface area contributed by atoms with E-state index < -0.39 is 64.7 Å². The molecule has 3 aromatic rings. The zero-order valence-electron chi connectivity index (χ0n) is 30.2. The van der Waals surface area contributed by atoms with Crippen LogP contribution in [0.25, 0.3) is 21.7 Å². The third kappa shape index (κ3) is 9.57. The molecule has 274 valence electrons. The number of rotatable bonds is 12. The van der Waals surface area contributed by atoms with E-state index in [1.54, 1.807) is 18.3 Å². The summed E-state index contributed by atoms with van der Waals surface area (Å²) < 4.78 is 6.49. The van der Waals surface area contributed by atoms with E-state index in [-0.39, 0.29) is 31.3 Å². The number of urea groups is 1. The Morgan fingerprint density at radius 2 is 1.76 bits per heavy atom. The molecule has 4 atom stereocenters. The van der Waals surface area contributed by atoms with Gasteiger partial charge in [0, 0.05) is 24.2 Å². The van der Waals surface area contributed by atoms with E-state index in [9.17, 15) is 24.0 Å². The van der Waals surface area contributed by atoms with Crippen LogP contribution in [-0.4, -0.2) is 91.7 Å². The Morgan fingerprint density at radius 3 is 2.39 bits per heavy atom. The van der Waals surface area contributed by atoms with Gasteiger partial charge < -0.3 is 30.9 Å². The quantitative estimate of drug-likeness (QED) is 0.203. The number of aromatic nitrogens is 3. The number of ketones is 1. The highest BCUT2D eigenvalue weighted by Crippen LogP contribution is 2.33. The van der Waals surface area contributed by atoms with Gasteiger partial charge in [-0.3, -0.25) is 24.2 Å². The van der Waals surface area contributed by atoms with Gasteiger partial charge >= 0.3 is 6.03 Å². The first-order chi connectivity index (χ1) is 24.0. The number of ether oxygens (including phenoxy) is 1. The van der Waals surface area contributed by atoms with Gasteiger partial charge in [-0.1, -0.05) is 40.2 Å². The standard InChI is InChI=1S/C36H48N8O6S/c1-8-11-23(26(45)30(47)38-20-13-14-20)39-29(46)25-18-21(19-44(25)33(48)27(35(2,3)4)40-34(49)43-36(5,6)7)50-31-22-15-17-51-32(22)42-28(41-31)24-12-9-10-16-37-24/h9-10,12,15-17,20-21,23,25,27H,8,11,13-14,18-19H2,1-7H3,(H,38,47)(H,39,46)(H2,40,43,49)/t21-,23+,25?,27-/m1/s1. The van der Waals surface area contributed by atoms with E-state index in [0.29, 0.717) is 28.2 Å². The maximum atomic E-state index is 14.5. The van der Waals surface area contributed by atoms with Gasteiger partial charge in [-0.25, -0.2) is 9.78 Å². The number of nitrogens with zero attached hydrogens (tertiary/aromatic N) is 4. The number of carbonyl (C=O) groups is 5. The van der Waals surface area contributed by atoms with Crippen molar-refractivity contribution in [3.8, 4) is 17.4 Å². The molecule has 0 spiro atoms. The maximum absolute atomic E-state index is 14.5. The molecule has 1 aliphatic heterocycles. The molecule has 5 amide bonds. The van der Waals surface area contributed by atoms with E-state index in [4.69, 9.17) is 9.72 Å². The molecule has 2 fully saturated rings. The number of likely N-dealkylation sites (tertiary alicyclic amines) is 1. The van der Waals surface area contributed by atoms with Crippen LogP contribution in [0.1, 0.15) is 80.6 Å². The number of pyridine rings is 1. The van der Waals surface area contributed by atoms with Gasteiger partial charge in [0.25, 0.3) is 5.91 Å². The van der Waals surface area contributed by atoms with Crippen molar-refractivity contribution in [3.05, 3.63) is 35.8 Å². The number of hydrogen-bond donors (Lipinski definition) is 4. The number of thiophene rings is 1. The van der Waals surface area contributed by atoms with Crippen LogP contribution < -0.4 is 26.0 Å². The molecule has 3 aromatic heterocycles. The first-order valence-corrected chi connectivity index (χ1v) is 18.3. The Balaban J connectivity index is 1.45. The van der Waals surface area contributed by atoms with Crippen molar-refractivity contribution in [1.29, 1.82) is 0 Å². The van der Waals surface area contributed by atoms with Gasteiger partial charge in [0.1, 0.15) is 28.7 Å². The molecule has 15 heteroatoms. The van der Waals surface area contributed by atoms with Crippen molar-refractivity contribution < 1.29 is 28.7 Å². The molecule has 4 N–H and O–H groups in total. The van der Waals surface area contributed by atoms with Gasteiger partial charge in [-0.15, -0.1) is 11.3 Å². The van der Waals surface area contributed by atoms with Gasteiger partial charge in [-0.2, -0.15) is 4.98 Å². The Bertz CT molecular complexity index is 1760. The molecule has 1 saturated carbocycles. The number of Topliss-reactive ketones (excluding diaryl/α,β-unsaturated/α-hetero) is 1. The Hall–Kier alpha value is -4.66. The number of amides is 5. The molecule has 0 radical (unpaired) electrons. The summed E-state index contributed by atoms with van der Waals surface area (Å²) in [5.74, 6) is -1.88. The lowest BCUT2D eigenvalue weighted by atomic mass is 9.85. The summed E-state index contributed by atoms with van der Waals surface area (Å²) >= 11 is 1.42. The summed E-state index contributed by atoms with van der Waals surface area (Å²) in [4.78, 5) is 83.4. The zero-order valence-corrected chi connectivity index (χ0v) is 31.1. The third-order valence-electron chi connectivity index (χ3n) is 8.53. The lowest BCUT2D eigenvalue weighted by Gasteiger charge is -2.36. The van der Waals surface area contributed by atoms with Gasteiger partial charge in [0.2, 0.25) is 23.5 Å². The summed E-state index contributed by atoms with van der Waals surface area (Å²) in [6.07, 6.45) is 3.43. The molecular formula is C36H48N8O6S. The van der Waals surface area contributed by atoms with Crippen molar-refractivity contribution in [2.75, 3.05) is 6.54 Å². The van der Waals surface area contributed by atoms with Crippen LogP contribution in [0.2, 0.25) is 0 Å². The Labute approximate surface area is 301 Å². The van der Waals surface area contributed by atoms with Gasteiger partial charge in [0.15, 0.2) is 5.82 Å². The van der Waals surface area contributed by atoms with Crippen LogP contribution in [0.4, 0.5) is 4.79 Å². The first kappa shape index (κ1) is 37.6. The van der Waals surface area contributed by atoms with Crippen LogP contribution in [0.3, 0.4) is 0 Å². The average Bonchev–Trinajstić information content (AvgIpc) is 3.56.